The van der Waals surface area contributed by atoms with Gasteiger partial charge in [0.2, 0.25) is 25.1 Å². The maximum absolute atomic E-state index is 12.3. The minimum Gasteiger partial charge on any atom is -0.493 e. The van der Waals surface area contributed by atoms with Gasteiger partial charge < -0.3 is 33.7 Å². The summed E-state index contributed by atoms with van der Waals surface area (Å²) < 4.78 is 35.0. The normalized spacial score (nSPS) is 14.7. The Balaban J connectivity index is 1.14. The number of carbonyl (C=O) groups excluding carboxylic acids is 1. The van der Waals surface area contributed by atoms with E-state index in [4.69, 9.17) is 28.4 Å². The van der Waals surface area contributed by atoms with Crippen LogP contribution in [-0.2, 0) is 13.1 Å². The first-order chi connectivity index (χ1) is 20.1. The molecule has 3 heterocycles. The van der Waals surface area contributed by atoms with Crippen LogP contribution in [0, 0.1) is 6.92 Å². The van der Waals surface area contributed by atoms with Crippen molar-refractivity contribution in [2.45, 2.75) is 45.7 Å². The molecule has 0 fully saturated rings. The SMILES string of the molecule is COc1cc2c(c3c1OCO3)-c1c(cc(OC)c3c1OCO3)CN(CCCCCCNC(=O)c1ccc(C)cc1)C2. The van der Waals surface area contributed by atoms with E-state index in [2.05, 4.69) is 10.2 Å². The highest BCUT2D eigenvalue weighted by atomic mass is 16.7. The minimum atomic E-state index is -0.0144. The molecule has 41 heavy (non-hydrogen) atoms. The van der Waals surface area contributed by atoms with Crippen LogP contribution in [-0.4, -0.2) is 51.7 Å². The molecule has 216 valence electrons. The molecule has 0 aliphatic carbocycles. The van der Waals surface area contributed by atoms with Crippen LogP contribution in [0.25, 0.3) is 11.1 Å². The summed E-state index contributed by atoms with van der Waals surface area (Å²) >= 11 is 0. The first-order valence-electron chi connectivity index (χ1n) is 14.1. The number of hydrogen-bond acceptors (Lipinski definition) is 8. The number of hydrogen-bond donors (Lipinski definition) is 1. The third-order valence-corrected chi connectivity index (χ3v) is 7.86. The lowest BCUT2D eigenvalue weighted by atomic mass is 9.93. The number of carbonyl (C=O) groups is 1. The molecule has 9 nitrogen and oxygen atoms in total. The zero-order chi connectivity index (χ0) is 28.3. The molecule has 3 aromatic carbocycles. The van der Waals surface area contributed by atoms with Gasteiger partial charge in [0, 0.05) is 36.3 Å². The zero-order valence-electron chi connectivity index (χ0n) is 23.8. The lowest BCUT2D eigenvalue weighted by molar-refractivity contribution is 0.0953. The highest BCUT2D eigenvalue weighted by Crippen LogP contribution is 2.57. The number of ether oxygens (including phenoxy) is 6. The Kier molecular flexibility index (Phi) is 7.78. The van der Waals surface area contributed by atoms with Crippen LogP contribution in [0.1, 0.15) is 52.7 Å². The van der Waals surface area contributed by atoms with E-state index in [1.165, 1.54) is 0 Å². The number of benzene rings is 3. The Hall–Kier alpha value is -4.11. The van der Waals surface area contributed by atoms with Crippen molar-refractivity contribution in [2.24, 2.45) is 0 Å². The van der Waals surface area contributed by atoms with Gasteiger partial charge in [-0.1, -0.05) is 30.5 Å². The van der Waals surface area contributed by atoms with Gasteiger partial charge in [0.1, 0.15) is 0 Å². The second-order valence-electron chi connectivity index (χ2n) is 10.6. The van der Waals surface area contributed by atoms with Crippen molar-refractivity contribution >= 4 is 5.91 Å². The lowest BCUT2D eigenvalue weighted by Gasteiger charge is -2.21. The summed E-state index contributed by atoms with van der Waals surface area (Å²) in [6.45, 7) is 5.34. The fourth-order valence-electron chi connectivity index (χ4n) is 5.80. The molecule has 0 bridgehead atoms. The summed E-state index contributed by atoms with van der Waals surface area (Å²) in [7, 11) is 3.30. The standard InChI is InChI=1S/C32H36N2O7/c1-20-8-10-21(11-9-20)32(35)33-12-6-4-5-7-13-34-16-22-14-24(36-2)28-30(40-18-38-28)26(22)27-23(17-34)15-25(37-3)29-31(27)41-19-39-29/h8-11,14-15H,4-7,12-13,16-19H2,1-3H3,(H,33,35). The molecule has 1 N–H and O–H groups in total. The number of aryl methyl sites for hydroxylation is 1. The smallest absolute Gasteiger partial charge is 0.251 e. The maximum atomic E-state index is 12.3. The van der Waals surface area contributed by atoms with Gasteiger partial charge in [-0.05, 0) is 61.7 Å². The molecule has 1 amide bonds. The van der Waals surface area contributed by atoms with Gasteiger partial charge in [0.05, 0.1) is 14.2 Å². The first-order valence-corrected chi connectivity index (χ1v) is 14.1. The molecular formula is C32H36N2O7. The van der Waals surface area contributed by atoms with Crippen LogP contribution in [0.15, 0.2) is 36.4 Å². The average Bonchev–Trinajstić information content (AvgIpc) is 3.64. The Morgan fingerprint density at radius 2 is 1.32 bits per heavy atom. The number of nitrogens with zero attached hydrogens (tertiary/aromatic N) is 1. The number of fused-ring (bicyclic) bond motifs is 7. The van der Waals surface area contributed by atoms with E-state index in [1.807, 2.05) is 43.3 Å². The van der Waals surface area contributed by atoms with Crippen LogP contribution in [0.4, 0.5) is 0 Å². The van der Waals surface area contributed by atoms with Crippen molar-refractivity contribution in [3.63, 3.8) is 0 Å². The molecule has 3 aliphatic heterocycles. The van der Waals surface area contributed by atoms with Gasteiger partial charge in [-0.25, -0.2) is 0 Å². The predicted molar refractivity (Wildman–Crippen MR) is 153 cm³/mol. The molecule has 0 saturated carbocycles. The Morgan fingerprint density at radius 1 is 0.780 bits per heavy atom. The molecule has 0 unspecified atom stereocenters. The molecule has 9 heteroatoms. The van der Waals surface area contributed by atoms with E-state index in [1.54, 1.807) is 14.2 Å². The van der Waals surface area contributed by atoms with Gasteiger partial charge in [0.15, 0.2) is 23.0 Å². The summed E-state index contributed by atoms with van der Waals surface area (Å²) in [5, 5.41) is 3.03. The van der Waals surface area contributed by atoms with Crippen LogP contribution in [0.2, 0.25) is 0 Å². The zero-order valence-corrected chi connectivity index (χ0v) is 23.8. The summed E-state index contributed by atoms with van der Waals surface area (Å²) in [6, 6.07) is 11.8. The quantitative estimate of drug-likeness (QED) is 0.328. The van der Waals surface area contributed by atoms with E-state index >= 15 is 0 Å². The third-order valence-electron chi connectivity index (χ3n) is 7.86. The van der Waals surface area contributed by atoms with E-state index in [0.29, 0.717) is 46.6 Å². The summed E-state index contributed by atoms with van der Waals surface area (Å²) in [5.41, 5.74) is 5.96. The molecule has 0 saturated heterocycles. The van der Waals surface area contributed by atoms with E-state index in [9.17, 15) is 4.79 Å². The van der Waals surface area contributed by atoms with Crippen molar-refractivity contribution in [2.75, 3.05) is 40.9 Å². The molecular weight excluding hydrogens is 524 g/mol. The van der Waals surface area contributed by atoms with Crippen molar-refractivity contribution in [1.29, 1.82) is 0 Å². The van der Waals surface area contributed by atoms with E-state index in [0.717, 1.165) is 73.1 Å². The molecule has 3 aliphatic rings. The lowest BCUT2D eigenvalue weighted by Crippen LogP contribution is -2.24. The fourth-order valence-corrected chi connectivity index (χ4v) is 5.80. The van der Waals surface area contributed by atoms with Gasteiger partial charge >= 0.3 is 0 Å². The molecule has 0 spiro atoms. The second kappa shape index (κ2) is 11.8. The van der Waals surface area contributed by atoms with Gasteiger partial charge in [0.25, 0.3) is 5.91 Å². The van der Waals surface area contributed by atoms with Crippen LogP contribution < -0.4 is 33.7 Å². The third kappa shape index (κ3) is 5.34. The highest BCUT2D eigenvalue weighted by molar-refractivity contribution is 5.94. The van der Waals surface area contributed by atoms with Gasteiger partial charge in [-0.15, -0.1) is 0 Å². The van der Waals surface area contributed by atoms with Gasteiger partial charge in [-0.2, -0.15) is 0 Å². The monoisotopic (exact) mass is 560 g/mol. The second-order valence-corrected chi connectivity index (χ2v) is 10.6. The van der Waals surface area contributed by atoms with Crippen LogP contribution >= 0.6 is 0 Å². The van der Waals surface area contributed by atoms with Crippen molar-refractivity contribution in [1.82, 2.24) is 10.2 Å². The molecule has 0 aromatic heterocycles. The topological polar surface area (TPSA) is 87.7 Å². The first kappa shape index (κ1) is 27.1. The summed E-state index contributed by atoms with van der Waals surface area (Å²) in [5.74, 6) is 3.90. The number of amides is 1. The Morgan fingerprint density at radius 3 is 1.88 bits per heavy atom. The molecule has 0 atom stereocenters. The molecule has 0 radical (unpaired) electrons. The Labute approximate surface area is 240 Å². The number of nitrogens with one attached hydrogen (secondary N) is 1. The Bertz CT molecular complexity index is 1360. The largest absolute Gasteiger partial charge is 0.493 e. The van der Waals surface area contributed by atoms with Crippen LogP contribution in [0.5, 0.6) is 34.5 Å². The number of rotatable bonds is 10. The summed E-state index contributed by atoms with van der Waals surface area (Å²) in [4.78, 5) is 14.8. The molecule has 3 aromatic rings. The van der Waals surface area contributed by atoms with E-state index in [-0.39, 0.29) is 19.5 Å². The molecule has 6 rings (SSSR count). The summed E-state index contributed by atoms with van der Waals surface area (Å²) in [6.07, 6.45) is 4.12. The van der Waals surface area contributed by atoms with Crippen molar-refractivity contribution < 1.29 is 33.2 Å². The fraction of sp³-hybridized carbons (Fsp3) is 0.406. The van der Waals surface area contributed by atoms with E-state index < -0.39 is 0 Å². The maximum Gasteiger partial charge on any atom is 0.251 e. The van der Waals surface area contributed by atoms with Crippen LogP contribution in [0.3, 0.4) is 0 Å². The number of unbranched alkanes of at least 4 members (excludes halogenated alkanes) is 3. The van der Waals surface area contributed by atoms with Gasteiger partial charge in [-0.3, -0.25) is 9.69 Å². The van der Waals surface area contributed by atoms with Crippen molar-refractivity contribution in [3.05, 3.63) is 58.7 Å². The average molecular weight is 561 g/mol. The minimum absolute atomic E-state index is 0.0144. The predicted octanol–water partition coefficient (Wildman–Crippen LogP) is 5.44. The number of methoxy groups -OCH3 is 2. The van der Waals surface area contributed by atoms with Crippen molar-refractivity contribution in [3.8, 4) is 45.6 Å². The highest BCUT2D eigenvalue weighted by Gasteiger charge is 2.36.